The Kier molecular flexibility index (Phi) is 5.75. The van der Waals surface area contributed by atoms with Crippen LogP contribution < -0.4 is 10.1 Å². The Balaban J connectivity index is 1.62. The minimum atomic E-state index is -0.994. The predicted molar refractivity (Wildman–Crippen MR) is 100 cm³/mol. The number of carbonyl (C=O) groups is 1. The highest BCUT2D eigenvalue weighted by atomic mass is 35.5. The Morgan fingerprint density at radius 3 is 2.73 bits per heavy atom. The number of carboxylic acids is 1. The van der Waals surface area contributed by atoms with Crippen LogP contribution in [0.2, 0.25) is 5.02 Å². The first-order chi connectivity index (χ1) is 12.5. The second kappa shape index (κ2) is 8.21. The van der Waals surface area contributed by atoms with Crippen LogP contribution in [-0.4, -0.2) is 36.7 Å². The average Bonchev–Trinajstić information content (AvgIpc) is 2.62. The molecule has 1 aliphatic heterocycles. The quantitative estimate of drug-likeness (QED) is 0.721. The summed E-state index contributed by atoms with van der Waals surface area (Å²) in [5.41, 5.74) is 2.89. The van der Waals surface area contributed by atoms with Gasteiger partial charge in [0.05, 0.1) is 23.4 Å². The zero-order chi connectivity index (χ0) is 18.5. The molecule has 1 atom stereocenters. The molecule has 1 unspecified atom stereocenters. The molecule has 0 radical (unpaired) electrons. The maximum atomic E-state index is 10.4. The zero-order valence-electron chi connectivity index (χ0n) is 14.2. The van der Waals surface area contributed by atoms with Crippen molar-refractivity contribution in [2.24, 2.45) is 4.99 Å². The third-order valence-corrected chi connectivity index (χ3v) is 4.23. The summed E-state index contributed by atoms with van der Waals surface area (Å²) in [5, 5.41) is 12.5. The molecule has 2 aromatic carbocycles. The topological polar surface area (TPSA) is 80.2 Å². The van der Waals surface area contributed by atoms with Crippen molar-refractivity contribution in [3.8, 4) is 5.75 Å². The molecule has 136 valence electrons. The van der Waals surface area contributed by atoms with Gasteiger partial charge in [0.1, 0.15) is 24.8 Å². The first kappa shape index (κ1) is 18.2. The van der Waals surface area contributed by atoms with Crippen molar-refractivity contribution in [1.82, 2.24) is 0 Å². The summed E-state index contributed by atoms with van der Waals surface area (Å²) in [6, 6.07) is 13.3. The van der Waals surface area contributed by atoms with E-state index in [2.05, 4.69) is 5.32 Å². The lowest BCUT2D eigenvalue weighted by molar-refractivity contribution is -0.142. The van der Waals surface area contributed by atoms with Crippen LogP contribution in [0.4, 0.5) is 5.69 Å². The number of ether oxygens (including phenoxy) is 2. The molecule has 0 saturated heterocycles. The number of aliphatic imine (C=N–C) groups is 1. The van der Waals surface area contributed by atoms with E-state index >= 15 is 0 Å². The number of carboxylic acid groups (broad SMARTS) is 1. The number of aliphatic carboxylic acids is 1. The van der Waals surface area contributed by atoms with Gasteiger partial charge in [-0.25, -0.2) is 4.79 Å². The molecule has 1 heterocycles. The number of benzene rings is 2. The molecule has 0 aliphatic carbocycles. The van der Waals surface area contributed by atoms with Crippen LogP contribution in [0.15, 0.2) is 47.5 Å². The van der Waals surface area contributed by atoms with Gasteiger partial charge in [-0.1, -0.05) is 23.7 Å². The summed E-state index contributed by atoms with van der Waals surface area (Å²) in [7, 11) is 0. The molecule has 6 nitrogen and oxygen atoms in total. The lowest BCUT2D eigenvalue weighted by atomic mass is 10.0. The zero-order valence-corrected chi connectivity index (χ0v) is 15.0. The van der Waals surface area contributed by atoms with Gasteiger partial charge in [-0.2, -0.15) is 0 Å². The number of nitrogens with one attached hydrogen (secondary N) is 1. The number of amidine groups is 1. The highest BCUT2D eigenvalue weighted by Gasteiger charge is 2.20. The SMILES string of the molecule is CC1N=C(c2ccc(OCCOCC(=O)O)cc2)Nc2c(Cl)cccc21. The maximum Gasteiger partial charge on any atom is 0.329 e. The summed E-state index contributed by atoms with van der Waals surface area (Å²) in [5.74, 6) is 0.441. The fraction of sp³-hybridized carbons (Fsp3) is 0.263. The second-order valence-corrected chi connectivity index (χ2v) is 6.21. The number of nitrogens with zero attached hydrogens (tertiary/aromatic N) is 1. The molecule has 2 aromatic rings. The number of hydrogen-bond acceptors (Lipinski definition) is 5. The van der Waals surface area contributed by atoms with Gasteiger partial charge in [-0.15, -0.1) is 0 Å². The Morgan fingerprint density at radius 1 is 1.23 bits per heavy atom. The van der Waals surface area contributed by atoms with Crippen molar-refractivity contribution >= 4 is 29.1 Å². The van der Waals surface area contributed by atoms with Crippen molar-refractivity contribution in [2.45, 2.75) is 13.0 Å². The molecule has 7 heteroatoms. The molecule has 0 amide bonds. The summed E-state index contributed by atoms with van der Waals surface area (Å²) < 4.78 is 10.5. The van der Waals surface area contributed by atoms with Crippen LogP contribution in [0.1, 0.15) is 24.1 Å². The molecule has 0 saturated carbocycles. The summed E-state index contributed by atoms with van der Waals surface area (Å²) in [6.45, 7) is 2.21. The van der Waals surface area contributed by atoms with Crippen molar-refractivity contribution < 1.29 is 19.4 Å². The van der Waals surface area contributed by atoms with Crippen LogP contribution in [0.25, 0.3) is 0 Å². The van der Waals surface area contributed by atoms with E-state index in [9.17, 15) is 4.79 Å². The molecule has 0 bridgehead atoms. The van der Waals surface area contributed by atoms with Crippen LogP contribution in [0.3, 0.4) is 0 Å². The van der Waals surface area contributed by atoms with Crippen LogP contribution in [0, 0.1) is 0 Å². The van der Waals surface area contributed by atoms with E-state index in [4.69, 9.17) is 31.2 Å². The van der Waals surface area contributed by atoms with Gasteiger partial charge in [0.15, 0.2) is 0 Å². The molecule has 0 aromatic heterocycles. The number of para-hydroxylation sites is 1. The Bertz CT molecular complexity index is 821. The predicted octanol–water partition coefficient (Wildman–Crippen LogP) is 3.75. The first-order valence-electron chi connectivity index (χ1n) is 8.20. The largest absolute Gasteiger partial charge is 0.491 e. The minimum Gasteiger partial charge on any atom is -0.491 e. The number of anilines is 1. The molecule has 0 fully saturated rings. The molecular formula is C19H19ClN2O4. The monoisotopic (exact) mass is 374 g/mol. The number of halogens is 1. The van der Waals surface area contributed by atoms with Crippen molar-refractivity contribution in [3.63, 3.8) is 0 Å². The third kappa shape index (κ3) is 4.33. The van der Waals surface area contributed by atoms with Gasteiger partial charge >= 0.3 is 5.97 Å². The Morgan fingerprint density at radius 2 is 2.00 bits per heavy atom. The highest BCUT2D eigenvalue weighted by molar-refractivity contribution is 6.34. The summed E-state index contributed by atoms with van der Waals surface area (Å²) in [4.78, 5) is 15.0. The molecule has 0 spiro atoms. The molecule has 26 heavy (non-hydrogen) atoms. The number of fused-ring (bicyclic) bond motifs is 1. The van der Waals surface area contributed by atoms with Crippen molar-refractivity contribution in [2.75, 3.05) is 25.1 Å². The van der Waals surface area contributed by atoms with E-state index in [-0.39, 0.29) is 25.9 Å². The molecule has 2 N–H and O–H groups in total. The van der Waals surface area contributed by atoms with Gasteiger partial charge in [0, 0.05) is 11.1 Å². The van der Waals surface area contributed by atoms with Crippen LogP contribution >= 0.6 is 11.6 Å². The van der Waals surface area contributed by atoms with Gasteiger partial charge in [0.25, 0.3) is 0 Å². The smallest absolute Gasteiger partial charge is 0.329 e. The molecular weight excluding hydrogens is 356 g/mol. The first-order valence-corrected chi connectivity index (χ1v) is 8.58. The highest BCUT2D eigenvalue weighted by Crippen LogP contribution is 2.35. The standard InChI is InChI=1S/C19H19ClN2O4/c1-12-15-3-2-4-16(20)18(15)22-19(21-12)13-5-7-14(8-6-13)26-10-9-25-11-17(23)24/h2-8,12H,9-11H2,1H3,(H,21,22)(H,23,24). The Labute approximate surface area is 156 Å². The minimum absolute atomic E-state index is 0.0160. The van der Waals surface area contributed by atoms with Crippen LogP contribution in [-0.2, 0) is 9.53 Å². The molecule has 1 aliphatic rings. The summed E-state index contributed by atoms with van der Waals surface area (Å²) >= 11 is 6.30. The lowest BCUT2D eigenvalue weighted by Crippen LogP contribution is -2.21. The van der Waals surface area contributed by atoms with E-state index in [1.807, 2.05) is 49.4 Å². The van der Waals surface area contributed by atoms with Crippen molar-refractivity contribution in [3.05, 3.63) is 58.6 Å². The van der Waals surface area contributed by atoms with Crippen LogP contribution in [0.5, 0.6) is 5.75 Å². The number of rotatable bonds is 7. The normalized spacial score (nSPS) is 15.6. The van der Waals surface area contributed by atoms with E-state index in [0.717, 1.165) is 22.6 Å². The third-order valence-electron chi connectivity index (χ3n) is 3.91. The second-order valence-electron chi connectivity index (χ2n) is 5.80. The Hall–Kier alpha value is -2.57. The fourth-order valence-corrected chi connectivity index (χ4v) is 2.90. The number of hydrogen-bond donors (Lipinski definition) is 2. The lowest BCUT2D eigenvalue weighted by Gasteiger charge is -2.24. The van der Waals surface area contributed by atoms with E-state index in [1.165, 1.54) is 0 Å². The van der Waals surface area contributed by atoms with E-state index in [0.29, 0.717) is 10.8 Å². The average molecular weight is 375 g/mol. The van der Waals surface area contributed by atoms with Gasteiger partial charge in [0.2, 0.25) is 0 Å². The van der Waals surface area contributed by atoms with E-state index < -0.39 is 5.97 Å². The maximum absolute atomic E-state index is 10.4. The molecule has 3 rings (SSSR count). The van der Waals surface area contributed by atoms with Gasteiger partial charge in [-0.3, -0.25) is 4.99 Å². The summed E-state index contributed by atoms with van der Waals surface area (Å²) in [6.07, 6.45) is 0. The van der Waals surface area contributed by atoms with Gasteiger partial charge < -0.3 is 19.9 Å². The van der Waals surface area contributed by atoms with Crippen molar-refractivity contribution in [1.29, 1.82) is 0 Å². The fourth-order valence-electron chi connectivity index (χ4n) is 2.67. The van der Waals surface area contributed by atoms with E-state index in [1.54, 1.807) is 0 Å². The van der Waals surface area contributed by atoms with Gasteiger partial charge in [-0.05, 0) is 37.3 Å².